The van der Waals surface area contributed by atoms with Crippen LogP contribution in [0.25, 0.3) is 10.9 Å². The highest BCUT2D eigenvalue weighted by atomic mass is 16.5. The Bertz CT molecular complexity index is 1320. The quantitative estimate of drug-likeness (QED) is 0.354. The minimum atomic E-state index is -0.177. The number of nitrogens with one attached hydrogen (secondary N) is 1. The van der Waals surface area contributed by atoms with Crippen molar-refractivity contribution in [1.82, 2.24) is 4.98 Å². The van der Waals surface area contributed by atoms with Gasteiger partial charge in [-0.05, 0) is 47.4 Å². The van der Waals surface area contributed by atoms with E-state index in [1.165, 1.54) is 5.56 Å². The summed E-state index contributed by atoms with van der Waals surface area (Å²) < 4.78 is 17.0. The molecule has 1 N–H and O–H groups in total. The molecule has 1 heterocycles. The third kappa shape index (κ3) is 4.96. The van der Waals surface area contributed by atoms with Crippen LogP contribution in [0.2, 0.25) is 0 Å². The van der Waals surface area contributed by atoms with Crippen molar-refractivity contribution in [2.45, 2.75) is 26.2 Å². The first-order valence-corrected chi connectivity index (χ1v) is 11.0. The molecule has 3 aromatic carbocycles. The van der Waals surface area contributed by atoms with Crippen molar-refractivity contribution < 1.29 is 19.0 Å². The Morgan fingerprint density at radius 3 is 2.24 bits per heavy atom. The summed E-state index contributed by atoms with van der Waals surface area (Å²) in [5.41, 5.74) is 3.17. The van der Waals surface area contributed by atoms with Crippen molar-refractivity contribution in [2.75, 3.05) is 19.5 Å². The van der Waals surface area contributed by atoms with Crippen LogP contribution in [0.15, 0.2) is 72.9 Å². The number of methoxy groups -OCH3 is 2. The third-order valence-corrected chi connectivity index (χ3v) is 5.54. The number of benzene rings is 3. The molecule has 0 aliphatic heterocycles. The average molecular weight is 457 g/mol. The van der Waals surface area contributed by atoms with Crippen molar-refractivity contribution in [2.24, 2.45) is 0 Å². The van der Waals surface area contributed by atoms with Gasteiger partial charge in [0.25, 0.3) is 5.91 Å². The molecule has 0 bridgehead atoms. The van der Waals surface area contributed by atoms with E-state index in [1.54, 1.807) is 32.5 Å². The number of carbonyl (C=O) groups excluding carboxylic acids is 1. The van der Waals surface area contributed by atoms with Crippen molar-refractivity contribution in [3.8, 4) is 23.0 Å². The van der Waals surface area contributed by atoms with Gasteiger partial charge in [0.2, 0.25) is 0 Å². The van der Waals surface area contributed by atoms with Gasteiger partial charge in [-0.1, -0.05) is 39.0 Å². The molecule has 1 amide bonds. The number of aromatic nitrogens is 1. The van der Waals surface area contributed by atoms with Crippen LogP contribution < -0.4 is 19.5 Å². The zero-order valence-electron chi connectivity index (χ0n) is 20.0. The fraction of sp³-hybridized carbons (Fsp3) is 0.214. The van der Waals surface area contributed by atoms with E-state index in [2.05, 4.69) is 31.1 Å². The third-order valence-electron chi connectivity index (χ3n) is 5.54. The van der Waals surface area contributed by atoms with E-state index >= 15 is 0 Å². The predicted molar refractivity (Wildman–Crippen MR) is 134 cm³/mol. The second-order valence-corrected chi connectivity index (χ2v) is 8.94. The van der Waals surface area contributed by atoms with Crippen LogP contribution in [0.1, 0.15) is 36.7 Å². The number of rotatable bonds is 6. The van der Waals surface area contributed by atoms with Crippen LogP contribution in [0.5, 0.6) is 23.0 Å². The first-order chi connectivity index (χ1) is 16.3. The molecule has 174 valence electrons. The van der Waals surface area contributed by atoms with E-state index in [4.69, 9.17) is 14.2 Å². The van der Waals surface area contributed by atoms with Gasteiger partial charge in [-0.15, -0.1) is 0 Å². The van der Waals surface area contributed by atoms with Gasteiger partial charge in [-0.2, -0.15) is 0 Å². The highest BCUT2D eigenvalue weighted by molar-refractivity contribution is 6.04. The second-order valence-electron chi connectivity index (χ2n) is 8.94. The number of ether oxygens (including phenoxy) is 3. The highest BCUT2D eigenvalue weighted by Crippen LogP contribution is 2.37. The molecule has 34 heavy (non-hydrogen) atoms. The molecule has 0 saturated carbocycles. The Morgan fingerprint density at radius 1 is 0.853 bits per heavy atom. The molecule has 0 aliphatic carbocycles. The highest BCUT2D eigenvalue weighted by Gasteiger charge is 2.15. The van der Waals surface area contributed by atoms with Crippen LogP contribution in [0, 0.1) is 0 Å². The van der Waals surface area contributed by atoms with Gasteiger partial charge in [0.1, 0.15) is 11.5 Å². The number of hydrogen-bond acceptors (Lipinski definition) is 5. The summed E-state index contributed by atoms with van der Waals surface area (Å²) in [7, 11) is 3.17. The Morgan fingerprint density at radius 2 is 1.56 bits per heavy atom. The molecule has 0 unspecified atom stereocenters. The van der Waals surface area contributed by atoms with E-state index in [0.29, 0.717) is 34.2 Å². The predicted octanol–water partition coefficient (Wildman–Crippen LogP) is 6.59. The second kappa shape index (κ2) is 9.43. The van der Waals surface area contributed by atoms with Crippen molar-refractivity contribution >= 4 is 22.5 Å². The zero-order valence-corrected chi connectivity index (χ0v) is 20.0. The van der Waals surface area contributed by atoms with Gasteiger partial charge in [0.15, 0.2) is 11.5 Å². The first kappa shape index (κ1) is 23.1. The molecule has 0 saturated heterocycles. The van der Waals surface area contributed by atoms with Crippen molar-refractivity contribution in [3.63, 3.8) is 0 Å². The lowest BCUT2D eigenvalue weighted by Crippen LogP contribution is -2.14. The minimum absolute atomic E-state index is 0.0347. The Labute approximate surface area is 199 Å². The maximum atomic E-state index is 12.8. The lowest BCUT2D eigenvalue weighted by atomic mass is 9.87. The standard InChI is InChI=1S/C28H28N2O4/c1-28(2,3)19-11-9-18(10-12-19)27(31)30-20-7-6-8-21(15-20)34-24-13-14-29-23-17-26(33-5)25(32-4)16-22(23)24/h6-17H,1-5H3,(H,30,31). The van der Waals surface area contributed by atoms with Gasteiger partial charge < -0.3 is 19.5 Å². The zero-order chi connectivity index (χ0) is 24.3. The summed E-state index contributed by atoms with van der Waals surface area (Å²) in [6, 6.07) is 20.4. The molecule has 1 aromatic heterocycles. The lowest BCUT2D eigenvalue weighted by molar-refractivity contribution is 0.102. The SMILES string of the molecule is COc1cc2nccc(Oc3cccc(NC(=O)c4ccc(C(C)(C)C)cc4)c3)c2cc1OC. The van der Waals surface area contributed by atoms with Gasteiger partial charge in [-0.25, -0.2) is 0 Å². The molecule has 0 spiro atoms. The summed E-state index contributed by atoms with van der Waals surface area (Å²) in [5, 5.41) is 3.73. The van der Waals surface area contributed by atoms with Crippen LogP contribution >= 0.6 is 0 Å². The molecular formula is C28H28N2O4. The van der Waals surface area contributed by atoms with Gasteiger partial charge >= 0.3 is 0 Å². The number of carbonyl (C=O) groups is 1. The minimum Gasteiger partial charge on any atom is -0.493 e. The first-order valence-electron chi connectivity index (χ1n) is 11.0. The van der Waals surface area contributed by atoms with Crippen LogP contribution in [0.4, 0.5) is 5.69 Å². The fourth-order valence-electron chi connectivity index (χ4n) is 3.63. The number of amides is 1. The Hall–Kier alpha value is -4.06. The summed E-state index contributed by atoms with van der Waals surface area (Å²) in [5.74, 6) is 2.21. The normalized spacial score (nSPS) is 11.2. The average Bonchev–Trinajstić information content (AvgIpc) is 2.83. The Kier molecular flexibility index (Phi) is 6.41. The maximum absolute atomic E-state index is 12.8. The summed E-state index contributed by atoms with van der Waals surface area (Å²) in [6.45, 7) is 6.43. The molecule has 4 aromatic rings. The maximum Gasteiger partial charge on any atom is 0.255 e. The number of nitrogens with zero attached hydrogens (tertiary/aromatic N) is 1. The molecule has 6 nitrogen and oxygen atoms in total. The summed E-state index contributed by atoms with van der Waals surface area (Å²) >= 11 is 0. The van der Waals surface area contributed by atoms with E-state index in [9.17, 15) is 4.79 Å². The van der Waals surface area contributed by atoms with Crippen LogP contribution in [-0.4, -0.2) is 25.1 Å². The topological polar surface area (TPSA) is 69.7 Å². The monoisotopic (exact) mass is 456 g/mol. The van der Waals surface area contributed by atoms with E-state index in [-0.39, 0.29) is 11.3 Å². The van der Waals surface area contributed by atoms with E-state index < -0.39 is 0 Å². The van der Waals surface area contributed by atoms with Crippen LogP contribution in [0.3, 0.4) is 0 Å². The fourth-order valence-corrected chi connectivity index (χ4v) is 3.63. The number of anilines is 1. The lowest BCUT2D eigenvalue weighted by Gasteiger charge is -2.19. The van der Waals surface area contributed by atoms with E-state index in [1.807, 2.05) is 54.6 Å². The molecule has 0 fully saturated rings. The molecule has 6 heteroatoms. The number of hydrogen-bond donors (Lipinski definition) is 1. The molecular weight excluding hydrogens is 428 g/mol. The number of fused-ring (bicyclic) bond motifs is 1. The van der Waals surface area contributed by atoms with Gasteiger partial charge in [0, 0.05) is 35.0 Å². The van der Waals surface area contributed by atoms with E-state index in [0.717, 1.165) is 10.9 Å². The Balaban J connectivity index is 1.55. The smallest absolute Gasteiger partial charge is 0.255 e. The summed E-state index contributed by atoms with van der Waals surface area (Å²) in [4.78, 5) is 17.2. The molecule has 4 rings (SSSR count). The van der Waals surface area contributed by atoms with Crippen molar-refractivity contribution in [1.29, 1.82) is 0 Å². The molecule has 0 radical (unpaired) electrons. The van der Waals surface area contributed by atoms with Crippen LogP contribution in [-0.2, 0) is 5.41 Å². The van der Waals surface area contributed by atoms with Crippen molar-refractivity contribution in [3.05, 3.63) is 84.1 Å². The number of pyridine rings is 1. The van der Waals surface area contributed by atoms with Gasteiger partial charge in [-0.3, -0.25) is 9.78 Å². The summed E-state index contributed by atoms with van der Waals surface area (Å²) in [6.07, 6.45) is 1.68. The molecule has 0 aliphatic rings. The van der Waals surface area contributed by atoms with Gasteiger partial charge in [0.05, 0.1) is 19.7 Å². The largest absolute Gasteiger partial charge is 0.493 e. The molecule has 0 atom stereocenters.